The highest BCUT2D eigenvalue weighted by Crippen LogP contribution is 2.33. The number of hydrogen-bond donors (Lipinski definition) is 3. The number of carbonyl (C=O) groups excluding carboxylic acids is 1. The summed E-state index contributed by atoms with van der Waals surface area (Å²) in [5.74, 6) is -0.193. The van der Waals surface area contributed by atoms with E-state index in [1.165, 1.54) is 36.8 Å². The number of ether oxygens (including phenoxy) is 1. The minimum Gasteiger partial charge on any atom is -0.420 e. The van der Waals surface area contributed by atoms with Crippen molar-refractivity contribution in [2.45, 2.75) is 24.7 Å². The second kappa shape index (κ2) is 9.45. The molecule has 1 aromatic carbocycles. The van der Waals surface area contributed by atoms with Crippen LogP contribution in [0.4, 0.5) is 20.3 Å². The summed E-state index contributed by atoms with van der Waals surface area (Å²) >= 11 is 4.75. The van der Waals surface area contributed by atoms with Gasteiger partial charge >= 0.3 is 5.57 Å². The van der Waals surface area contributed by atoms with Gasteiger partial charge in [-0.25, -0.2) is 15.0 Å². The van der Waals surface area contributed by atoms with Gasteiger partial charge in [-0.2, -0.15) is 0 Å². The third-order valence-electron chi connectivity index (χ3n) is 5.23. The molecule has 2 atom stereocenters. The maximum absolute atomic E-state index is 12.9. The Hall–Kier alpha value is -3.41. The van der Waals surface area contributed by atoms with Crippen molar-refractivity contribution in [2.24, 2.45) is 0 Å². The number of amides is 1. The van der Waals surface area contributed by atoms with Crippen LogP contribution in [-0.2, 0) is 0 Å². The van der Waals surface area contributed by atoms with Gasteiger partial charge in [0.15, 0.2) is 0 Å². The van der Waals surface area contributed by atoms with Gasteiger partial charge in [-0.1, -0.05) is 0 Å². The van der Waals surface area contributed by atoms with Gasteiger partial charge in [0.1, 0.15) is 17.9 Å². The van der Waals surface area contributed by atoms with Crippen LogP contribution >= 0.6 is 11.6 Å². The number of benzene rings is 1. The number of β-amino-alcohol motifs (C(OH)–C–C–N with tert-alkyl or cyclic N) is 2. The number of anilines is 2. The van der Waals surface area contributed by atoms with Gasteiger partial charge in [-0.15, -0.1) is 8.78 Å². The minimum atomic E-state index is -3.84. The number of aromatic nitrogens is 3. The molecular formula is C22H20ClF2N5O4. The Morgan fingerprint density at radius 2 is 1.82 bits per heavy atom. The molecular weight excluding hydrogens is 472 g/mol. The van der Waals surface area contributed by atoms with E-state index in [0.29, 0.717) is 28.3 Å². The van der Waals surface area contributed by atoms with Crippen LogP contribution in [0, 0.1) is 6.92 Å². The van der Waals surface area contributed by atoms with Crippen molar-refractivity contribution in [1.29, 1.82) is 0 Å². The molecule has 12 heteroatoms. The summed E-state index contributed by atoms with van der Waals surface area (Å²) in [6.45, 7) is 2.14. The third kappa shape index (κ3) is 5.38. The fourth-order valence-corrected chi connectivity index (χ4v) is 3.66. The smallest absolute Gasteiger partial charge is 0.420 e. The van der Waals surface area contributed by atoms with Crippen LogP contribution in [0.15, 0.2) is 49.1 Å². The zero-order valence-electron chi connectivity index (χ0n) is 17.8. The first kappa shape index (κ1) is 23.7. The highest BCUT2D eigenvalue weighted by Gasteiger charge is 2.32. The fraction of sp³-hybridized carbons (Fsp3) is 0.273. The number of nitrogens with zero attached hydrogens (tertiary/aromatic N) is 4. The molecule has 3 aromatic rings. The molecule has 1 saturated heterocycles. The Labute approximate surface area is 198 Å². The molecule has 9 nitrogen and oxygen atoms in total. The van der Waals surface area contributed by atoms with Gasteiger partial charge in [-0.05, 0) is 37.3 Å². The Kier molecular flexibility index (Phi) is 6.60. The number of aryl methyl sites for hydroxylation is 1. The Bertz CT molecular complexity index is 1180. The molecule has 1 amide bonds. The Balaban J connectivity index is 1.62. The molecule has 178 valence electrons. The van der Waals surface area contributed by atoms with E-state index in [9.17, 15) is 23.8 Å². The number of aliphatic hydroxyl groups excluding tert-OH is 2. The van der Waals surface area contributed by atoms with Crippen LogP contribution in [0.3, 0.4) is 0 Å². The SMILES string of the molecule is Cc1ncncc1-c1cc(C(=O)Nc2ccc(OC(F)(F)Cl)cc2)cnc1N1C[C@@H](O)[C@H](O)C1. The normalized spacial score (nSPS) is 18.1. The lowest BCUT2D eigenvalue weighted by Crippen LogP contribution is -2.23. The van der Waals surface area contributed by atoms with Gasteiger partial charge in [0.2, 0.25) is 0 Å². The second-order valence-electron chi connectivity index (χ2n) is 7.68. The molecule has 0 radical (unpaired) electrons. The van der Waals surface area contributed by atoms with Crippen LogP contribution in [0.25, 0.3) is 11.1 Å². The number of rotatable bonds is 6. The lowest BCUT2D eigenvalue weighted by Gasteiger charge is -2.21. The summed E-state index contributed by atoms with van der Waals surface area (Å²) in [7, 11) is 0. The molecule has 2 aromatic heterocycles. The van der Waals surface area contributed by atoms with E-state index >= 15 is 0 Å². The summed E-state index contributed by atoms with van der Waals surface area (Å²) in [6, 6.07) is 6.88. The average molecular weight is 492 g/mol. The molecule has 0 aliphatic carbocycles. The number of hydrogen-bond acceptors (Lipinski definition) is 8. The quantitative estimate of drug-likeness (QED) is 0.450. The summed E-state index contributed by atoms with van der Waals surface area (Å²) in [5, 5.41) is 22.6. The number of alkyl halides is 3. The lowest BCUT2D eigenvalue weighted by atomic mass is 10.0. The molecule has 1 aliphatic heterocycles. The van der Waals surface area contributed by atoms with Gasteiger partial charge in [0.05, 0.1) is 17.8 Å². The van der Waals surface area contributed by atoms with Crippen LogP contribution in [0.1, 0.15) is 16.1 Å². The van der Waals surface area contributed by atoms with Crippen molar-refractivity contribution < 1.29 is 28.5 Å². The van der Waals surface area contributed by atoms with Crippen LogP contribution in [0.2, 0.25) is 0 Å². The van der Waals surface area contributed by atoms with Crippen LogP contribution in [0.5, 0.6) is 5.75 Å². The van der Waals surface area contributed by atoms with E-state index in [-0.39, 0.29) is 24.4 Å². The number of halogens is 3. The zero-order chi connectivity index (χ0) is 24.5. The lowest BCUT2D eigenvalue weighted by molar-refractivity contribution is -0.0964. The molecule has 1 aliphatic rings. The molecule has 3 heterocycles. The van der Waals surface area contributed by atoms with E-state index in [4.69, 9.17) is 11.6 Å². The number of carbonyl (C=O) groups is 1. The van der Waals surface area contributed by atoms with Crippen LogP contribution in [-0.4, -0.2) is 61.9 Å². The minimum absolute atomic E-state index is 0.166. The fourth-order valence-electron chi connectivity index (χ4n) is 3.57. The van der Waals surface area contributed by atoms with Crippen molar-refractivity contribution >= 4 is 29.0 Å². The summed E-state index contributed by atoms with van der Waals surface area (Å²) in [5.41, 5.74) is -1.43. The number of nitrogens with one attached hydrogen (secondary N) is 1. The largest absolute Gasteiger partial charge is 0.487 e. The molecule has 1 fully saturated rings. The van der Waals surface area contributed by atoms with E-state index in [0.717, 1.165) is 0 Å². The monoisotopic (exact) mass is 491 g/mol. The third-order valence-corrected chi connectivity index (χ3v) is 5.31. The average Bonchev–Trinajstić information content (AvgIpc) is 3.12. The van der Waals surface area contributed by atoms with Crippen molar-refractivity contribution in [3.8, 4) is 16.9 Å². The topological polar surface area (TPSA) is 121 Å². The number of pyridine rings is 1. The molecule has 3 N–H and O–H groups in total. The molecule has 0 saturated carbocycles. The van der Waals surface area contributed by atoms with E-state index in [1.54, 1.807) is 24.1 Å². The summed E-state index contributed by atoms with van der Waals surface area (Å²) in [6.07, 6.45) is 2.53. The predicted molar refractivity (Wildman–Crippen MR) is 120 cm³/mol. The van der Waals surface area contributed by atoms with Crippen molar-refractivity contribution in [1.82, 2.24) is 15.0 Å². The molecule has 34 heavy (non-hydrogen) atoms. The van der Waals surface area contributed by atoms with E-state index in [1.807, 2.05) is 0 Å². The maximum atomic E-state index is 12.9. The van der Waals surface area contributed by atoms with Gasteiger partial charge < -0.3 is 25.2 Å². The maximum Gasteiger partial charge on any atom is 0.487 e. The highest BCUT2D eigenvalue weighted by molar-refractivity contribution is 6.20. The first-order chi connectivity index (χ1) is 16.1. The van der Waals surface area contributed by atoms with Gasteiger partial charge in [0, 0.05) is 59.6 Å². The van der Waals surface area contributed by atoms with Crippen molar-refractivity contribution in [2.75, 3.05) is 23.3 Å². The molecule has 0 unspecified atom stereocenters. The standard InChI is InChI=1S/C22H20ClF2N5O4/c1-12-17(8-26-11-28-12)16-6-13(7-27-20(16)30-9-18(31)19(32)10-30)21(33)29-14-2-4-15(5-3-14)34-22(23,24)25/h2-8,11,18-19,31-32H,9-10H2,1H3,(H,29,33)/t18-,19-/m1/s1. The first-order valence-corrected chi connectivity index (χ1v) is 10.5. The molecule has 0 bridgehead atoms. The van der Waals surface area contributed by atoms with E-state index in [2.05, 4.69) is 25.0 Å². The summed E-state index contributed by atoms with van der Waals surface area (Å²) < 4.78 is 29.8. The Morgan fingerprint density at radius 1 is 1.15 bits per heavy atom. The van der Waals surface area contributed by atoms with Gasteiger partial charge in [0.25, 0.3) is 5.91 Å². The molecule has 0 spiro atoms. The second-order valence-corrected chi connectivity index (χ2v) is 8.12. The van der Waals surface area contributed by atoms with Crippen molar-refractivity contribution in [3.05, 3.63) is 60.3 Å². The first-order valence-electron chi connectivity index (χ1n) is 10.2. The number of aliphatic hydroxyl groups is 2. The molecule has 4 rings (SSSR count). The van der Waals surface area contributed by atoms with Crippen molar-refractivity contribution in [3.63, 3.8) is 0 Å². The zero-order valence-corrected chi connectivity index (χ0v) is 18.6. The highest BCUT2D eigenvalue weighted by atomic mass is 35.5. The van der Waals surface area contributed by atoms with Gasteiger partial charge in [-0.3, -0.25) is 4.79 Å². The van der Waals surface area contributed by atoms with Crippen LogP contribution < -0.4 is 15.0 Å². The Morgan fingerprint density at radius 3 is 2.44 bits per heavy atom. The summed E-state index contributed by atoms with van der Waals surface area (Å²) in [4.78, 5) is 27.3. The predicted octanol–water partition coefficient (Wildman–Crippen LogP) is 2.81. The van der Waals surface area contributed by atoms with E-state index < -0.39 is 23.7 Å².